The summed E-state index contributed by atoms with van der Waals surface area (Å²) in [5.74, 6) is -2.19. The van der Waals surface area contributed by atoms with Crippen molar-refractivity contribution in [3.8, 4) is 0 Å². The molecule has 2 rings (SSSR count). The third kappa shape index (κ3) is 3.33. The number of Topliss-reactive ketones (excluding diaryl/α,β-unsaturated/α-hetero) is 1. The van der Waals surface area contributed by atoms with E-state index in [0.29, 0.717) is 5.56 Å². The van der Waals surface area contributed by atoms with Gasteiger partial charge in [-0.3, -0.25) is 14.9 Å². The first-order chi connectivity index (χ1) is 9.99. The Bertz CT molecular complexity index is 676. The Labute approximate surface area is 119 Å². The zero-order valence-corrected chi connectivity index (χ0v) is 11.0. The number of ketones is 1. The second-order valence-corrected chi connectivity index (χ2v) is 4.17. The van der Waals surface area contributed by atoms with Crippen molar-refractivity contribution >= 4 is 17.6 Å². The fraction of sp³-hybridized carbons (Fsp3) is 0.143. The van der Waals surface area contributed by atoms with Crippen LogP contribution in [0, 0.1) is 10.1 Å². The van der Waals surface area contributed by atoms with Crippen LogP contribution in [0.1, 0.15) is 27.8 Å². The minimum absolute atomic E-state index is 0.325. The molecular formula is C14H11NO6. The van der Waals surface area contributed by atoms with Gasteiger partial charge < -0.3 is 9.15 Å². The summed E-state index contributed by atoms with van der Waals surface area (Å²) < 4.78 is 9.65. The van der Waals surface area contributed by atoms with Gasteiger partial charge in [0, 0.05) is 5.56 Å². The van der Waals surface area contributed by atoms with Crippen molar-refractivity contribution in [1.82, 2.24) is 0 Å². The largest absolute Gasteiger partial charge is 0.448 e. The summed E-state index contributed by atoms with van der Waals surface area (Å²) in [4.78, 5) is 33.4. The van der Waals surface area contributed by atoms with Crippen LogP contribution in [0.15, 0.2) is 46.9 Å². The molecule has 2 aromatic rings. The molecule has 1 atom stereocenters. The molecule has 1 unspecified atom stereocenters. The lowest BCUT2D eigenvalue weighted by Gasteiger charge is -2.10. The molecule has 7 heteroatoms. The molecule has 0 spiro atoms. The number of carbonyl (C=O) groups excluding carboxylic acids is 2. The van der Waals surface area contributed by atoms with Crippen LogP contribution in [0.3, 0.4) is 0 Å². The van der Waals surface area contributed by atoms with Crippen LogP contribution >= 0.6 is 0 Å². The number of furan rings is 1. The molecule has 0 saturated heterocycles. The molecule has 0 bridgehead atoms. The topological polar surface area (TPSA) is 99.7 Å². The predicted octanol–water partition coefficient (Wildman–Crippen LogP) is 2.62. The number of esters is 1. The number of rotatable bonds is 5. The van der Waals surface area contributed by atoms with Gasteiger partial charge in [-0.15, -0.1) is 0 Å². The van der Waals surface area contributed by atoms with Crippen molar-refractivity contribution in [3.63, 3.8) is 0 Å². The smallest absolute Gasteiger partial charge is 0.433 e. The quantitative estimate of drug-likeness (QED) is 0.363. The van der Waals surface area contributed by atoms with Crippen molar-refractivity contribution in [2.45, 2.75) is 13.0 Å². The van der Waals surface area contributed by atoms with Crippen molar-refractivity contribution < 1.29 is 23.7 Å². The number of hydrogen-bond acceptors (Lipinski definition) is 6. The molecule has 108 valence electrons. The number of benzene rings is 1. The van der Waals surface area contributed by atoms with Crippen molar-refractivity contribution in [2.24, 2.45) is 0 Å². The molecular weight excluding hydrogens is 278 g/mol. The highest BCUT2D eigenvalue weighted by Crippen LogP contribution is 2.17. The van der Waals surface area contributed by atoms with Crippen LogP contribution in [0.4, 0.5) is 5.88 Å². The van der Waals surface area contributed by atoms with E-state index in [2.05, 4.69) is 0 Å². The molecule has 0 aliphatic carbocycles. The van der Waals surface area contributed by atoms with Crippen LogP contribution in [-0.2, 0) is 4.74 Å². The van der Waals surface area contributed by atoms with E-state index < -0.39 is 22.9 Å². The van der Waals surface area contributed by atoms with E-state index in [0.717, 1.165) is 12.1 Å². The van der Waals surface area contributed by atoms with Gasteiger partial charge in [0.2, 0.25) is 11.5 Å². The second-order valence-electron chi connectivity index (χ2n) is 4.17. The van der Waals surface area contributed by atoms with E-state index in [1.54, 1.807) is 30.3 Å². The highest BCUT2D eigenvalue weighted by molar-refractivity contribution is 6.01. The number of ether oxygens (including phenoxy) is 1. The van der Waals surface area contributed by atoms with Gasteiger partial charge >= 0.3 is 11.9 Å². The standard InChI is InChI=1S/C14H11NO6/c1-9(13(16)10-5-3-2-4-6-10)20-14(17)11-7-8-12(21-11)15(18)19/h2-9H,1H3. The lowest BCUT2D eigenvalue weighted by atomic mass is 10.1. The maximum absolute atomic E-state index is 12.0. The Morgan fingerprint density at radius 2 is 1.86 bits per heavy atom. The molecule has 0 N–H and O–H groups in total. The number of carbonyl (C=O) groups is 2. The molecule has 0 fully saturated rings. The van der Waals surface area contributed by atoms with E-state index >= 15 is 0 Å². The van der Waals surface area contributed by atoms with E-state index in [1.807, 2.05) is 0 Å². The van der Waals surface area contributed by atoms with E-state index in [-0.39, 0.29) is 11.5 Å². The molecule has 0 saturated carbocycles. The Balaban J connectivity index is 2.05. The molecule has 0 aliphatic heterocycles. The van der Waals surface area contributed by atoms with Crippen LogP contribution in [0.2, 0.25) is 0 Å². The average Bonchev–Trinajstić information content (AvgIpc) is 2.97. The van der Waals surface area contributed by atoms with Crippen LogP contribution in [0.25, 0.3) is 0 Å². The van der Waals surface area contributed by atoms with Gasteiger partial charge in [0.15, 0.2) is 6.10 Å². The summed E-state index contributed by atoms with van der Waals surface area (Å²) in [6.07, 6.45) is -1.02. The molecule has 0 radical (unpaired) electrons. The summed E-state index contributed by atoms with van der Waals surface area (Å²) >= 11 is 0. The molecule has 21 heavy (non-hydrogen) atoms. The Hall–Kier alpha value is -2.96. The Morgan fingerprint density at radius 3 is 2.43 bits per heavy atom. The number of nitro groups is 1. The average molecular weight is 289 g/mol. The summed E-state index contributed by atoms with van der Waals surface area (Å²) in [6.45, 7) is 1.42. The summed E-state index contributed by atoms with van der Waals surface area (Å²) in [5, 5.41) is 10.5. The fourth-order valence-electron chi connectivity index (χ4n) is 1.64. The normalized spacial score (nSPS) is 11.7. The molecule has 1 aromatic carbocycles. The molecule has 0 aliphatic rings. The zero-order chi connectivity index (χ0) is 15.4. The first-order valence-electron chi connectivity index (χ1n) is 6.03. The SMILES string of the molecule is CC(OC(=O)c1ccc([N+](=O)[O-])o1)C(=O)c1ccccc1. The molecule has 1 heterocycles. The van der Waals surface area contributed by atoms with Crippen LogP contribution < -0.4 is 0 Å². The summed E-state index contributed by atoms with van der Waals surface area (Å²) in [6, 6.07) is 10.5. The maximum Gasteiger partial charge on any atom is 0.433 e. The molecule has 1 aromatic heterocycles. The highest BCUT2D eigenvalue weighted by Gasteiger charge is 2.24. The third-order valence-corrected chi connectivity index (χ3v) is 2.68. The van der Waals surface area contributed by atoms with E-state index in [9.17, 15) is 19.7 Å². The van der Waals surface area contributed by atoms with E-state index in [4.69, 9.17) is 9.15 Å². The minimum atomic E-state index is -1.02. The number of hydrogen-bond donors (Lipinski definition) is 0. The molecule has 7 nitrogen and oxygen atoms in total. The van der Waals surface area contributed by atoms with Gasteiger partial charge in [0.1, 0.15) is 4.92 Å². The van der Waals surface area contributed by atoms with Crippen molar-refractivity contribution in [2.75, 3.05) is 0 Å². The summed E-state index contributed by atoms with van der Waals surface area (Å²) in [5.41, 5.74) is 0.406. The van der Waals surface area contributed by atoms with Crippen molar-refractivity contribution in [1.29, 1.82) is 0 Å². The van der Waals surface area contributed by atoms with Gasteiger partial charge in [-0.25, -0.2) is 4.79 Å². The first-order valence-corrected chi connectivity index (χ1v) is 6.03. The third-order valence-electron chi connectivity index (χ3n) is 2.68. The van der Waals surface area contributed by atoms with Gasteiger partial charge in [-0.1, -0.05) is 30.3 Å². The van der Waals surface area contributed by atoms with E-state index in [1.165, 1.54) is 6.92 Å². The first kappa shape index (κ1) is 14.4. The van der Waals surface area contributed by atoms with Gasteiger partial charge in [-0.05, 0) is 13.0 Å². The van der Waals surface area contributed by atoms with Crippen LogP contribution in [0.5, 0.6) is 0 Å². The lowest BCUT2D eigenvalue weighted by Crippen LogP contribution is -2.24. The second kappa shape index (κ2) is 6.00. The zero-order valence-electron chi connectivity index (χ0n) is 11.0. The van der Waals surface area contributed by atoms with Crippen LogP contribution in [-0.4, -0.2) is 22.8 Å². The number of nitrogens with zero attached hydrogens (tertiary/aromatic N) is 1. The van der Waals surface area contributed by atoms with Gasteiger partial charge in [-0.2, -0.15) is 0 Å². The lowest BCUT2D eigenvalue weighted by molar-refractivity contribution is -0.402. The summed E-state index contributed by atoms with van der Waals surface area (Å²) in [7, 11) is 0. The fourth-order valence-corrected chi connectivity index (χ4v) is 1.64. The van der Waals surface area contributed by atoms with Gasteiger partial charge in [0.05, 0.1) is 6.07 Å². The predicted molar refractivity (Wildman–Crippen MR) is 71.0 cm³/mol. The molecule has 0 amide bonds. The Morgan fingerprint density at radius 1 is 1.19 bits per heavy atom. The maximum atomic E-state index is 12.0. The highest BCUT2D eigenvalue weighted by atomic mass is 16.7. The van der Waals surface area contributed by atoms with Gasteiger partial charge in [0.25, 0.3) is 0 Å². The monoisotopic (exact) mass is 289 g/mol. The van der Waals surface area contributed by atoms with Crippen molar-refractivity contribution in [3.05, 3.63) is 63.9 Å². The Kier molecular flexibility index (Phi) is 4.13. The minimum Gasteiger partial charge on any atom is -0.448 e.